The third-order valence-electron chi connectivity index (χ3n) is 2.99. The molecule has 0 saturated carbocycles. The molecule has 0 aliphatic heterocycles. The summed E-state index contributed by atoms with van der Waals surface area (Å²) in [5.41, 5.74) is 9.13. The molecule has 2 nitrogen and oxygen atoms in total. The molecule has 0 unspecified atom stereocenters. The topological polar surface area (TPSA) is 29.3 Å². The summed E-state index contributed by atoms with van der Waals surface area (Å²) in [4.78, 5) is 2.19. The third kappa shape index (κ3) is 3.72. The zero-order valence-electron chi connectivity index (χ0n) is 10.7. The van der Waals surface area contributed by atoms with E-state index in [1.807, 2.05) is 24.3 Å². The molecule has 0 spiro atoms. The Kier molecular flexibility index (Phi) is 4.86. The molecule has 0 amide bonds. The lowest BCUT2D eigenvalue weighted by Crippen LogP contribution is -2.17. The van der Waals surface area contributed by atoms with Crippen LogP contribution in [0.1, 0.15) is 11.1 Å². The van der Waals surface area contributed by atoms with Gasteiger partial charge in [0.05, 0.1) is 5.69 Å². The first-order chi connectivity index (χ1) is 9.10. The predicted octanol–water partition coefficient (Wildman–Crippen LogP) is 4.20. The van der Waals surface area contributed by atoms with Gasteiger partial charge in [0.1, 0.15) is 0 Å². The van der Waals surface area contributed by atoms with Crippen molar-refractivity contribution < 1.29 is 0 Å². The van der Waals surface area contributed by atoms with Gasteiger partial charge in [-0.2, -0.15) is 0 Å². The van der Waals surface area contributed by atoms with Crippen molar-refractivity contribution in [2.45, 2.75) is 13.1 Å². The Hall–Kier alpha value is -1.03. The lowest BCUT2D eigenvalue weighted by molar-refractivity contribution is 0.918. The highest BCUT2D eigenvalue weighted by atomic mass is 79.9. The van der Waals surface area contributed by atoms with Crippen molar-refractivity contribution in [1.82, 2.24) is 0 Å². The number of benzene rings is 2. The van der Waals surface area contributed by atoms with E-state index in [2.05, 4.69) is 46.1 Å². The fourth-order valence-corrected chi connectivity index (χ4v) is 2.79. The van der Waals surface area contributed by atoms with E-state index in [-0.39, 0.29) is 0 Å². The molecule has 2 aromatic carbocycles. The van der Waals surface area contributed by atoms with Crippen LogP contribution in [0.4, 0.5) is 5.69 Å². The zero-order valence-corrected chi connectivity index (χ0v) is 13.1. The SMILES string of the molecule is CN(Cc1ccc(Cl)cc1)c1ccc(CN)cc1Br. The molecular weight excluding hydrogens is 324 g/mol. The molecule has 2 aromatic rings. The molecule has 0 bridgehead atoms. The Morgan fingerprint density at radius 2 is 1.74 bits per heavy atom. The predicted molar refractivity (Wildman–Crippen MR) is 85.6 cm³/mol. The van der Waals surface area contributed by atoms with Crippen LogP contribution in [0.2, 0.25) is 5.02 Å². The summed E-state index contributed by atoms with van der Waals surface area (Å²) in [6, 6.07) is 14.1. The second-order valence-corrected chi connectivity index (χ2v) is 5.76. The Bertz CT molecular complexity index is 555. The third-order valence-corrected chi connectivity index (χ3v) is 3.88. The summed E-state index contributed by atoms with van der Waals surface area (Å²) in [6.45, 7) is 1.39. The van der Waals surface area contributed by atoms with Crippen LogP contribution >= 0.6 is 27.5 Å². The Morgan fingerprint density at radius 1 is 1.11 bits per heavy atom. The first-order valence-electron chi connectivity index (χ1n) is 6.04. The summed E-state index contributed by atoms with van der Waals surface area (Å²) in [5, 5.41) is 0.764. The minimum atomic E-state index is 0.555. The molecule has 0 fully saturated rings. The number of hydrogen-bond acceptors (Lipinski definition) is 2. The highest BCUT2D eigenvalue weighted by Gasteiger charge is 2.07. The first kappa shape index (κ1) is 14.4. The molecule has 0 saturated heterocycles. The number of halogens is 2. The van der Waals surface area contributed by atoms with Crippen LogP contribution in [0.5, 0.6) is 0 Å². The van der Waals surface area contributed by atoms with Gasteiger partial charge in [-0.15, -0.1) is 0 Å². The molecule has 100 valence electrons. The van der Waals surface area contributed by atoms with Crippen molar-refractivity contribution in [3.8, 4) is 0 Å². The first-order valence-corrected chi connectivity index (χ1v) is 7.21. The van der Waals surface area contributed by atoms with Gasteiger partial charge in [0.15, 0.2) is 0 Å². The molecule has 4 heteroatoms. The van der Waals surface area contributed by atoms with E-state index < -0.39 is 0 Å². The minimum absolute atomic E-state index is 0.555. The minimum Gasteiger partial charge on any atom is -0.369 e. The fraction of sp³-hybridized carbons (Fsp3) is 0.200. The molecule has 0 atom stereocenters. The molecule has 0 radical (unpaired) electrons. The molecule has 2 rings (SSSR count). The van der Waals surface area contributed by atoms with E-state index in [1.165, 1.54) is 5.56 Å². The summed E-state index contributed by atoms with van der Waals surface area (Å²) in [6.07, 6.45) is 0. The van der Waals surface area contributed by atoms with Crippen molar-refractivity contribution in [2.75, 3.05) is 11.9 Å². The Morgan fingerprint density at radius 3 is 2.32 bits per heavy atom. The van der Waals surface area contributed by atoms with Gasteiger partial charge in [0, 0.05) is 29.6 Å². The lowest BCUT2D eigenvalue weighted by Gasteiger charge is -2.21. The van der Waals surface area contributed by atoms with Crippen LogP contribution in [-0.2, 0) is 13.1 Å². The second-order valence-electron chi connectivity index (χ2n) is 4.47. The number of hydrogen-bond donors (Lipinski definition) is 1. The highest BCUT2D eigenvalue weighted by molar-refractivity contribution is 9.10. The van der Waals surface area contributed by atoms with Crippen molar-refractivity contribution in [1.29, 1.82) is 0 Å². The van der Waals surface area contributed by atoms with Crippen LogP contribution in [0, 0.1) is 0 Å². The van der Waals surface area contributed by atoms with Crippen molar-refractivity contribution in [2.24, 2.45) is 5.73 Å². The number of rotatable bonds is 4. The van der Waals surface area contributed by atoms with Gasteiger partial charge in [-0.05, 0) is 51.3 Å². The van der Waals surface area contributed by atoms with Gasteiger partial charge in [-0.1, -0.05) is 29.8 Å². The summed E-state index contributed by atoms with van der Waals surface area (Å²) in [7, 11) is 2.07. The Labute approximate surface area is 127 Å². The van der Waals surface area contributed by atoms with E-state index in [4.69, 9.17) is 17.3 Å². The maximum atomic E-state index is 5.89. The lowest BCUT2D eigenvalue weighted by atomic mass is 10.1. The van der Waals surface area contributed by atoms with Crippen molar-refractivity contribution >= 4 is 33.2 Å². The molecule has 0 aliphatic rings. The summed E-state index contributed by atoms with van der Waals surface area (Å²) < 4.78 is 1.06. The largest absolute Gasteiger partial charge is 0.369 e. The Balaban J connectivity index is 2.15. The molecule has 19 heavy (non-hydrogen) atoms. The fourth-order valence-electron chi connectivity index (χ4n) is 1.94. The molecular formula is C15H16BrClN2. The smallest absolute Gasteiger partial charge is 0.0511 e. The van der Waals surface area contributed by atoms with Gasteiger partial charge in [-0.3, -0.25) is 0 Å². The van der Waals surface area contributed by atoms with E-state index in [1.54, 1.807) is 0 Å². The summed E-state index contributed by atoms with van der Waals surface area (Å²) >= 11 is 9.49. The molecule has 0 aromatic heterocycles. The van der Waals surface area contributed by atoms with Gasteiger partial charge < -0.3 is 10.6 Å². The quantitative estimate of drug-likeness (QED) is 0.904. The van der Waals surface area contributed by atoms with Crippen LogP contribution in [0.3, 0.4) is 0 Å². The van der Waals surface area contributed by atoms with Crippen LogP contribution in [0.15, 0.2) is 46.9 Å². The number of nitrogens with zero attached hydrogens (tertiary/aromatic N) is 1. The van der Waals surface area contributed by atoms with E-state index >= 15 is 0 Å². The standard InChI is InChI=1S/C15H16BrClN2/c1-19(10-11-2-5-13(17)6-3-11)15-7-4-12(9-18)8-14(15)16/h2-8H,9-10,18H2,1H3. The van der Waals surface area contributed by atoms with Crippen molar-refractivity contribution in [3.05, 3.63) is 63.1 Å². The second kappa shape index (κ2) is 6.42. The number of nitrogens with two attached hydrogens (primary N) is 1. The molecule has 2 N–H and O–H groups in total. The van der Waals surface area contributed by atoms with Crippen LogP contribution in [0.25, 0.3) is 0 Å². The van der Waals surface area contributed by atoms with Crippen molar-refractivity contribution in [3.63, 3.8) is 0 Å². The highest BCUT2D eigenvalue weighted by Crippen LogP contribution is 2.27. The maximum absolute atomic E-state index is 5.89. The zero-order chi connectivity index (χ0) is 13.8. The number of anilines is 1. The van der Waals surface area contributed by atoms with Crippen LogP contribution in [-0.4, -0.2) is 7.05 Å². The average molecular weight is 340 g/mol. The van der Waals surface area contributed by atoms with E-state index in [9.17, 15) is 0 Å². The van der Waals surface area contributed by atoms with Crippen LogP contribution < -0.4 is 10.6 Å². The molecule has 0 aliphatic carbocycles. The monoisotopic (exact) mass is 338 g/mol. The maximum Gasteiger partial charge on any atom is 0.0511 e. The van der Waals surface area contributed by atoms with E-state index in [0.717, 1.165) is 27.3 Å². The van der Waals surface area contributed by atoms with E-state index in [0.29, 0.717) is 6.54 Å². The normalized spacial score (nSPS) is 10.5. The van der Waals surface area contributed by atoms with Gasteiger partial charge in [-0.25, -0.2) is 0 Å². The van der Waals surface area contributed by atoms with Gasteiger partial charge >= 0.3 is 0 Å². The van der Waals surface area contributed by atoms with Gasteiger partial charge in [0.25, 0.3) is 0 Å². The van der Waals surface area contributed by atoms with Gasteiger partial charge in [0.2, 0.25) is 0 Å². The summed E-state index contributed by atoms with van der Waals surface area (Å²) in [5.74, 6) is 0. The average Bonchev–Trinajstić information content (AvgIpc) is 2.41. The molecule has 0 heterocycles.